The van der Waals surface area contributed by atoms with Crippen molar-refractivity contribution in [2.45, 2.75) is 0 Å². The highest BCUT2D eigenvalue weighted by atomic mass is 19.1. The summed E-state index contributed by atoms with van der Waals surface area (Å²) in [4.78, 5) is 35.0. The van der Waals surface area contributed by atoms with Crippen LogP contribution in [0.1, 0.15) is 10.4 Å². The van der Waals surface area contributed by atoms with Crippen molar-refractivity contribution >= 4 is 23.9 Å². The summed E-state index contributed by atoms with van der Waals surface area (Å²) in [6, 6.07) is 6.35. The highest BCUT2D eigenvalue weighted by Crippen LogP contribution is 2.13. The number of benzene rings is 1. The number of hydrogen-bond acceptors (Lipinski definition) is 4. The minimum Gasteiger partial charge on any atom is -0.387 e. The van der Waals surface area contributed by atoms with Crippen LogP contribution in [0.2, 0.25) is 0 Å². The van der Waals surface area contributed by atoms with E-state index in [1.807, 2.05) is 0 Å². The van der Waals surface area contributed by atoms with Gasteiger partial charge in [-0.1, -0.05) is 12.1 Å². The molecule has 0 radical (unpaired) electrons. The van der Waals surface area contributed by atoms with Crippen molar-refractivity contribution in [2.75, 3.05) is 32.5 Å². The molecule has 0 saturated heterocycles. The molecule has 1 aromatic carbocycles. The highest BCUT2D eigenvalue weighted by Gasteiger charge is 2.13. The molecule has 0 atom stereocenters. The molecule has 0 bridgehead atoms. The Balaban J connectivity index is 2.67. The van der Waals surface area contributed by atoms with E-state index in [0.717, 1.165) is 11.1 Å². The zero-order chi connectivity index (χ0) is 17.2. The number of para-hydroxylation sites is 1. The number of urea groups is 1. The number of amides is 3. The van der Waals surface area contributed by atoms with Crippen molar-refractivity contribution < 1.29 is 18.8 Å². The number of halogens is 1. The van der Waals surface area contributed by atoms with E-state index >= 15 is 0 Å². The first-order valence-corrected chi connectivity index (χ1v) is 6.89. The number of hydrogen-bond donors (Lipinski definition) is 3. The number of anilines is 1. The van der Waals surface area contributed by atoms with Crippen molar-refractivity contribution in [1.29, 1.82) is 0 Å². The summed E-state index contributed by atoms with van der Waals surface area (Å²) in [5, 5.41) is 7.86. The minimum atomic E-state index is -1.08. The molecular weight excluding hydrogens is 303 g/mol. The number of nitrogens with one attached hydrogen (secondary N) is 3. The molecule has 3 N–H and O–H groups in total. The monoisotopic (exact) mass is 322 g/mol. The van der Waals surface area contributed by atoms with Gasteiger partial charge in [0, 0.05) is 39.1 Å². The predicted molar refractivity (Wildman–Crippen MR) is 84.7 cm³/mol. The molecule has 0 saturated carbocycles. The van der Waals surface area contributed by atoms with E-state index in [4.69, 9.17) is 0 Å². The van der Waals surface area contributed by atoms with Crippen molar-refractivity contribution in [3.05, 3.63) is 41.9 Å². The Morgan fingerprint density at radius 3 is 2.57 bits per heavy atom. The second kappa shape index (κ2) is 9.19. The molecule has 1 rings (SSSR count). The highest BCUT2D eigenvalue weighted by molar-refractivity contribution is 5.99. The van der Waals surface area contributed by atoms with E-state index in [1.54, 1.807) is 31.3 Å². The molecule has 0 aliphatic rings. The van der Waals surface area contributed by atoms with Gasteiger partial charge in [-0.25, -0.2) is 9.18 Å². The molecule has 124 valence electrons. The Morgan fingerprint density at radius 2 is 1.96 bits per heavy atom. The molecule has 1 aromatic rings. The van der Waals surface area contributed by atoms with Crippen molar-refractivity contribution in [3.63, 3.8) is 0 Å². The Kier molecular flexibility index (Phi) is 7.25. The normalized spacial score (nSPS) is 10.7. The smallest absolute Gasteiger partial charge is 0.321 e. The van der Waals surface area contributed by atoms with Crippen LogP contribution in [0.15, 0.2) is 36.3 Å². The summed E-state index contributed by atoms with van der Waals surface area (Å²) in [5.74, 6) is -1.41. The summed E-state index contributed by atoms with van der Waals surface area (Å²) in [7, 11) is 3.08. The Bertz CT molecular complexity index is 604. The van der Waals surface area contributed by atoms with Crippen LogP contribution in [0.25, 0.3) is 0 Å². The van der Waals surface area contributed by atoms with Gasteiger partial charge in [0.25, 0.3) is 5.91 Å². The number of allylic oxidation sites excluding steroid dienone is 1. The van der Waals surface area contributed by atoms with Crippen LogP contribution >= 0.6 is 0 Å². The molecule has 0 heterocycles. The third-order valence-corrected chi connectivity index (χ3v) is 2.95. The molecule has 0 spiro atoms. The standard InChI is InChI=1S/C15H19FN4O3/c1-17-13-6-4-3-5-12(13)14(22)19-7-8-20(15(23)18-2)9-11(16)10-21/h3-6,9-10,17H,7-8H2,1-2H3,(H,18,23)(H,19,22)/b11-9+. The Hall–Kier alpha value is -2.90. The summed E-state index contributed by atoms with van der Waals surface area (Å²) in [5.41, 5.74) is 1.12. The van der Waals surface area contributed by atoms with E-state index in [9.17, 15) is 18.8 Å². The lowest BCUT2D eigenvalue weighted by atomic mass is 10.1. The Labute approximate surface area is 133 Å². The van der Waals surface area contributed by atoms with Gasteiger partial charge in [-0.2, -0.15) is 0 Å². The van der Waals surface area contributed by atoms with Crippen molar-refractivity contribution in [3.8, 4) is 0 Å². The van der Waals surface area contributed by atoms with Gasteiger partial charge in [0.2, 0.25) is 0 Å². The lowest BCUT2D eigenvalue weighted by Gasteiger charge is -2.18. The number of carbonyl (C=O) groups is 3. The van der Waals surface area contributed by atoms with E-state index in [2.05, 4.69) is 16.0 Å². The maximum Gasteiger partial charge on any atom is 0.321 e. The van der Waals surface area contributed by atoms with Crippen LogP contribution in [-0.4, -0.2) is 50.3 Å². The summed E-state index contributed by atoms with van der Waals surface area (Å²) >= 11 is 0. The van der Waals surface area contributed by atoms with E-state index in [1.165, 1.54) is 7.05 Å². The molecule has 0 aliphatic carbocycles. The van der Waals surface area contributed by atoms with Crippen molar-refractivity contribution in [1.82, 2.24) is 15.5 Å². The molecule has 0 fully saturated rings. The second-order valence-corrected chi connectivity index (χ2v) is 4.43. The number of nitrogens with zero attached hydrogens (tertiary/aromatic N) is 1. The lowest BCUT2D eigenvalue weighted by molar-refractivity contribution is -0.106. The van der Waals surface area contributed by atoms with Gasteiger partial charge < -0.3 is 16.0 Å². The van der Waals surface area contributed by atoms with Gasteiger partial charge in [0.15, 0.2) is 12.1 Å². The van der Waals surface area contributed by atoms with Crippen LogP contribution in [-0.2, 0) is 4.79 Å². The number of aldehydes is 1. The fraction of sp³-hybridized carbons (Fsp3) is 0.267. The number of carbonyl (C=O) groups excluding carboxylic acids is 3. The molecule has 0 unspecified atom stereocenters. The van der Waals surface area contributed by atoms with Crippen LogP contribution in [0, 0.1) is 0 Å². The van der Waals surface area contributed by atoms with Crippen LogP contribution in [0.5, 0.6) is 0 Å². The van der Waals surface area contributed by atoms with Gasteiger partial charge in [0.1, 0.15) is 0 Å². The molecule has 23 heavy (non-hydrogen) atoms. The van der Waals surface area contributed by atoms with Crippen molar-refractivity contribution in [2.24, 2.45) is 0 Å². The van der Waals surface area contributed by atoms with Gasteiger partial charge in [-0.05, 0) is 12.1 Å². The summed E-state index contributed by atoms with van der Waals surface area (Å²) < 4.78 is 13.0. The zero-order valence-electron chi connectivity index (χ0n) is 12.9. The van der Waals surface area contributed by atoms with E-state index < -0.39 is 11.9 Å². The molecule has 7 nitrogen and oxygen atoms in total. The van der Waals surface area contributed by atoms with Crippen LogP contribution in [0.4, 0.5) is 14.9 Å². The van der Waals surface area contributed by atoms with Gasteiger partial charge in [-0.3, -0.25) is 14.5 Å². The first-order valence-electron chi connectivity index (χ1n) is 6.89. The third kappa shape index (κ3) is 5.42. The molecule has 3 amide bonds. The zero-order valence-corrected chi connectivity index (χ0v) is 12.9. The van der Waals surface area contributed by atoms with Gasteiger partial charge in [0.05, 0.1) is 5.56 Å². The van der Waals surface area contributed by atoms with E-state index in [-0.39, 0.29) is 25.3 Å². The lowest BCUT2D eigenvalue weighted by Crippen LogP contribution is -2.40. The first kappa shape index (κ1) is 18.1. The minimum absolute atomic E-state index is 0.00230. The average Bonchev–Trinajstić information content (AvgIpc) is 2.59. The maximum absolute atomic E-state index is 13.0. The largest absolute Gasteiger partial charge is 0.387 e. The Morgan fingerprint density at radius 1 is 1.26 bits per heavy atom. The fourth-order valence-corrected chi connectivity index (χ4v) is 1.83. The average molecular weight is 322 g/mol. The SMILES string of the molecule is CNC(=O)N(/C=C(/F)C=O)CCNC(=O)c1ccccc1NC. The first-order chi connectivity index (χ1) is 11.0. The van der Waals surface area contributed by atoms with Crippen LogP contribution in [0.3, 0.4) is 0 Å². The van der Waals surface area contributed by atoms with Gasteiger partial charge in [-0.15, -0.1) is 0 Å². The molecule has 0 aliphatic heterocycles. The van der Waals surface area contributed by atoms with Crippen LogP contribution < -0.4 is 16.0 Å². The maximum atomic E-state index is 13.0. The quantitative estimate of drug-likeness (QED) is 0.518. The molecular formula is C15H19FN4O3. The third-order valence-electron chi connectivity index (χ3n) is 2.95. The summed E-state index contributed by atoms with van der Waals surface area (Å²) in [6.45, 7) is 0.0985. The topological polar surface area (TPSA) is 90.5 Å². The predicted octanol–water partition coefficient (Wildman–Crippen LogP) is 1.11. The molecule has 0 aromatic heterocycles. The van der Waals surface area contributed by atoms with E-state index in [0.29, 0.717) is 11.3 Å². The second-order valence-electron chi connectivity index (χ2n) is 4.43. The summed E-state index contributed by atoms with van der Waals surface area (Å²) in [6.07, 6.45) is 0.775. The van der Waals surface area contributed by atoms with Gasteiger partial charge >= 0.3 is 6.03 Å². The number of rotatable bonds is 7. The fourth-order valence-electron chi connectivity index (χ4n) is 1.83. The molecule has 8 heteroatoms.